The normalized spacial score (nSPS) is 31.4. The van der Waals surface area contributed by atoms with Crippen molar-refractivity contribution in [2.24, 2.45) is 0 Å². The van der Waals surface area contributed by atoms with E-state index in [1.165, 1.54) is 24.3 Å². The predicted octanol–water partition coefficient (Wildman–Crippen LogP) is 1.21. The second-order valence-electron chi connectivity index (χ2n) is 5.89. The van der Waals surface area contributed by atoms with Gasteiger partial charge in [-0.1, -0.05) is 0 Å². The van der Waals surface area contributed by atoms with Crippen LogP contribution in [0.25, 0.3) is 0 Å². The molecule has 19 heavy (non-hydrogen) atoms. The van der Waals surface area contributed by atoms with E-state index in [9.17, 15) is 0 Å². The molecule has 2 unspecified atom stereocenters. The molecule has 0 amide bonds. The van der Waals surface area contributed by atoms with Gasteiger partial charge >= 0.3 is 0 Å². The fourth-order valence-electron chi connectivity index (χ4n) is 2.75. The molecular formula is C14H28N2O2S. The summed E-state index contributed by atoms with van der Waals surface area (Å²) >= 11 is 2.04. The molecule has 0 aliphatic carbocycles. The minimum atomic E-state index is 0.187. The van der Waals surface area contributed by atoms with Crippen molar-refractivity contribution in [1.29, 1.82) is 0 Å². The maximum Gasteiger partial charge on any atom is 0.0795 e. The first-order chi connectivity index (χ1) is 9.20. The van der Waals surface area contributed by atoms with Gasteiger partial charge in [0.2, 0.25) is 0 Å². The van der Waals surface area contributed by atoms with Crippen molar-refractivity contribution in [2.75, 3.05) is 58.5 Å². The van der Waals surface area contributed by atoms with E-state index in [0.717, 1.165) is 39.3 Å². The first-order valence-electron chi connectivity index (χ1n) is 7.38. The lowest BCUT2D eigenvalue weighted by Gasteiger charge is -2.38. The monoisotopic (exact) mass is 288 g/mol. The molecule has 2 fully saturated rings. The van der Waals surface area contributed by atoms with E-state index in [1.807, 2.05) is 11.8 Å². The number of rotatable bonds is 7. The molecule has 2 aliphatic heterocycles. The van der Waals surface area contributed by atoms with E-state index in [4.69, 9.17) is 9.47 Å². The molecule has 112 valence electrons. The number of ether oxygens (including phenoxy) is 2. The smallest absolute Gasteiger partial charge is 0.0795 e. The van der Waals surface area contributed by atoms with E-state index < -0.39 is 0 Å². The largest absolute Gasteiger partial charge is 0.379 e. The highest BCUT2D eigenvalue weighted by Gasteiger charge is 2.40. The molecule has 0 aromatic carbocycles. The summed E-state index contributed by atoms with van der Waals surface area (Å²) in [6, 6.07) is 0.616. The van der Waals surface area contributed by atoms with Gasteiger partial charge in [0, 0.05) is 31.5 Å². The fourth-order valence-corrected chi connectivity index (χ4v) is 4.13. The fraction of sp³-hybridized carbons (Fsp3) is 1.00. The average Bonchev–Trinajstić information content (AvgIpc) is 2.81. The summed E-state index contributed by atoms with van der Waals surface area (Å²) in [5.74, 6) is 2.45. The summed E-state index contributed by atoms with van der Waals surface area (Å²) < 4.78 is 11.6. The highest BCUT2D eigenvalue weighted by Crippen LogP contribution is 2.38. The van der Waals surface area contributed by atoms with Crippen molar-refractivity contribution in [3.63, 3.8) is 0 Å². The molecule has 0 bridgehead atoms. The second kappa shape index (κ2) is 7.84. The standard InChI is InChI=1S/C14H28N2O2S/c1-16(2)6-9-17-8-5-15-13-3-7-18-14(11-13)4-10-19-12-14/h13,15H,3-12H2,1-2H3. The highest BCUT2D eigenvalue weighted by molar-refractivity contribution is 7.99. The van der Waals surface area contributed by atoms with Crippen molar-refractivity contribution < 1.29 is 9.47 Å². The van der Waals surface area contributed by atoms with Crippen LogP contribution in [0.15, 0.2) is 0 Å². The van der Waals surface area contributed by atoms with E-state index >= 15 is 0 Å². The molecule has 0 radical (unpaired) electrons. The zero-order valence-electron chi connectivity index (χ0n) is 12.3. The molecule has 4 nitrogen and oxygen atoms in total. The Balaban J connectivity index is 1.56. The molecule has 2 rings (SSSR count). The predicted molar refractivity (Wildman–Crippen MR) is 81.0 cm³/mol. The van der Waals surface area contributed by atoms with Gasteiger partial charge in [-0.15, -0.1) is 0 Å². The third kappa shape index (κ3) is 5.23. The Morgan fingerprint density at radius 1 is 1.42 bits per heavy atom. The van der Waals surface area contributed by atoms with Crippen LogP contribution in [0.1, 0.15) is 19.3 Å². The Labute approximate surface area is 121 Å². The van der Waals surface area contributed by atoms with Crippen LogP contribution >= 0.6 is 11.8 Å². The molecule has 0 aromatic rings. The number of nitrogens with zero attached hydrogens (tertiary/aromatic N) is 1. The molecule has 2 atom stereocenters. The lowest BCUT2D eigenvalue weighted by Crippen LogP contribution is -2.47. The van der Waals surface area contributed by atoms with Crippen molar-refractivity contribution in [2.45, 2.75) is 30.9 Å². The number of thioether (sulfide) groups is 1. The zero-order chi connectivity index (χ0) is 13.6. The summed E-state index contributed by atoms with van der Waals surface area (Å²) in [6.45, 7) is 4.51. The third-order valence-corrected chi connectivity index (χ3v) is 5.15. The van der Waals surface area contributed by atoms with Crippen LogP contribution < -0.4 is 5.32 Å². The molecule has 0 saturated carbocycles. The summed E-state index contributed by atoms with van der Waals surface area (Å²) in [5, 5.41) is 3.63. The van der Waals surface area contributed by atoms with Gasteiger partial charge in [-0.2, -0.15) is 11.8 Å². The van der Waals surface area contributed by atoms with Crippen LogP contribution in [0, 0.1) is 0 Å². The van der Waals surface area contributed by atoms with Crippen LogP contribution in [0.3, 0.4) is 0 Å². The summed E-state index contributed by atoms with van der Waals surface area (Å²) in [7, 11) is 4.14. The van der Waals surface area contributed by atoms with Crippen LogP contribution in [-0.2, 0) is 9.47 Å². The molecule has 2 aliphatic rings. The maximum atomic E-state index is 6.03. The van der Waals surface area contributed by atoms with E-state index in [1.54, 1.807) is 0 Å². The van der Waals surface area contributed by atoms with Gasteiger partial charge in [0.1, 0.15) is 0 Å². The lowest BCUT2D eigenvalue weighted by atomic mass is 9.90. The Hall–Kier alpha value is 0.190. The molecule has 2 saturated heterocycles. The number of nitrogens with one attached hydrogen (secondary N) is 1. The minimum Gasteiger partial charge on any atom is -0.379 e. The van der Waals surface area contributed by atoms with E-state index in [-0.39, 0.29) is 5.60 Å². The Morgan fingerprint density at radius 2 is 2.32 bits per heavy atom. The molecule has 2 heterocycles. The van der Waals surface area contributed by atoms with Crippen LogP contribution in [-0.4, -0.2) is 75.1 Å². The lowest BCUT2D eigenvalue weighted by molar-refractivity contribution is -0.0706. The molecule has 1 spiro atoms. The van der Waals surface area contributed by atoms with Gasteiger partial charge in [0.15, 0.2) is 0 Å². The SMILES string of the molecule is CN(C)CCOCCNC1CCOC2(CCSC2)C1. The minimum absolute atomic E-state index is 0.187. The molecule has 1 N–H and O–H groups in total. The summed E-state index contributed by atoms with van der Waals surface area (Å²) in [5.41, 5.74) is 0.187. The first kappa shape index (κ1) is 15.6. The van der Waals surface area contributed by atoms with Crippen molar-refractivity contribution in [3.8, 4) is 0 Å². The quantitative estimate of drug-likeness (QED) is 0.712. The maximum absolute atomic E-state index is 6.03. The van der Waals surface area contributed by atoms with Gasteiger partial charge < -0.3 is 19.7 Å². The summed E-state index contributed by atoms with van der Waals surface area (Å²) in [6.07, 6.45) is 3.55. The van der Waals surface area contributed by atoms with Gasteiger partial charge in [0.05, 0.1) is 18.8 Å². The van der Waals surface area contributed by atoms with E-state index in [0.29, 0.717) is 6.04 Å². The van der Waals surface area contributed by atoms with Crippen LogP contribution in [0.5, 0.6) is 0 Å². The first-order valence-corrected chi connectivity index (χ1v) is 8.53. The Bertz CT molecular complexity index is 258. The van der Waals surface area contributed by atoms with Gasteiger partial charge in [-0.25, -0.2) is 0 Å². The van der Waals surface area contributed by atoms with E-state index in [2.05, 4.69) is 24.3 Å². The highest BCUT2D eigenvalue weighted by atomic mass is 32.2. The van der Waals surface area contributed by atoms with Crippen molar-refractivity contribution >= 4 is 11.8 Å². The van der Waals surface area contributed by atoms with Crippen LogP contribution in [0.2, 0.25) is 0 Å². The molecule has 0 aromatic heterocycles. The third-order valence-electron chi connectivity index (χ3n) is 3.92. The molecular weight excluding hydrogens is 260 g/mol. The average molecular weight is 288 g/mol. The number of hydrogen-bond acceptors (Lipinski definition) is 5. The second-order valence-corrected chi connectivity index (χ2v) is 7.00. The van der Waals surface area contributed by atoms with Crippen LogP contribution in [0.4, 0.5) is 0 Å². The number of likely N-dealkylation sites (N-methyl/N-ethyl adjacent to an activating group) is 1. The topological polar surface area (TPSA) is 33.7 Å². The Morgan fingerprint density at radius 3 is 3.05 bits per heavy atom. The molecule has 5 heteroatoms. The van der Waals surface area contributed by atoms with Gasteiger partial charge in [0.25, 0.3) is 0 Å². The zero-order valence-corrected chi connectivity index (χ0v) is 13.1. The van der Waals surface area contributed by atoms with Gasteiger partial charge in [-0.05, 0) is 39.1 Å². The van der Waals surface area contributed by atoms with Crippen molar-refractivity contribution in [3.05, 3.63) is 0 Å². The van der Waals surface area contributed by atoms with Gasteiger partial charge in [-0.3, -0.25) is 0 Å². The van der Waals surface area contributed by atoms with Crippen molar-refractivity contribution in [1.82, 2.24) is 10.2 Å². The summed E-state index contributed by atoms with van der Waals surface area (Å²) in [4.78, 5) is 2.15. The number of hydrogen-bond donors (Lipinski definition) is 1. The Kier molecular flexibility index (Phi) is 6.42.